The van der Waals surface area contributed by atoms with Gasteiger partial charge < -0.3 is 11.1 Å². The fraction of sp³-hybridized carbons (Fsp3) is 0.571. The number of carbonyl (C=O) groups excluding carboxylic acids is 1. The van der Waals surface area contributed by atoms with E-state index in [0.717, 1.165) is 11.3 Å². The molecule has 0 aliphatic rings. The molecule has 1 amide bonds. The minimum Gasteiger partial charge on any atom is -0.347 e. The number of pyridine rings is 1. The van der Waals surface area contributed by atoms with Crippen LogP contribution in [0.25, 0.3) is 0 Å². The zero-order valence-electron chi connectivity index (χ0n) is 11.6. The fourth-order valence-corrected chi connectivity index (χ4v) is 1.90. The van der Waals surface area contributed by atoms with Crippen LogP contribution in [-0.2, 0) is 4.79 Å². The highest BCUT2D eigenvalue weighted by Crippen LogP contribution is 2.22. The summed E-state index contributed by atoms with van der Waals surface area (Å²) in [7, 11) is 0. The Morgan fingerprint density at radius 3 is 2.61 bits per heavy atom. The van der Waals surface area contributed by atoms with Crippen LogP contribution in [0.3, 0.4) is 0 Å². The topological polar surface area (TPSA) is 68.0 Å². The molecule has 4 nitrogen and oxygen atoms in total. The molecule has 0 bridgehead atoms. The van der Waals surface area contributed by atoms with Crippen molar-refractivity contribution >= 4 is 5.91 Å². The third kappa shape index (κ3) is 4.11. The lowest BCUT2D eigenvalue weighted by molar-refractivity contribution is -0.122. The second kappa shape index (κ2) is 6.50. The van der Waals surface area contributed by atoms with Crippen LogP contribution < -0.4 is 11.1 Å². The number of carbonyl (C=O) groups is 1. The summed E-state index contributed by atoms with van der Waals surface area (Å²) in [6, 6.07) is 3.73. The van der Waals surface area contributed by atoms with E-state index >= 15 is 0 Å². The quantitative estimate of drug-likeness (QED) is 0.838. The van der Waals surface area contributed by atoms with Crippen molar-refractivity contribution in [1.29, 1.82) is 0 Å². The first kappa shape index (κ1) is 14.6. The molecule has 4 heteroatoms. The summed E-state index contributed by atoms with van der Waals surface area (Å²) < 4.78 is 0. The maximum absolute atomic E-state index is 11.8. The lowest BCUT2D eigenvalue weighted by Crippen LogP contribution is -2.35. The maximum atomic E-state index is 11.8. The Labute approximate surface area is 109 Å². The molecule has 3 N–H and O–H groups in total. The van der Waals surface area contributed by atoms with Crippen molar-refractivity contribution in [2.75, 3.05) is 0 Å². The number of aryl methyl sites for hydroxylation is 1. The molecule has 0 fully saturated rings. The van der Waals surface area contributed by atoms with Gasteiger partial charge in [0, 0.05) is 18.7 Å². The lowest BCUT2D eigenvalue weighted by atomic mass is 9.97. The Morgan fingerprint density at radius 2 is 2.11 bits per heavy atom. The van der Waals surface area contributed by atoms with Crippen molar-refractivity contribution in [2.24, 2.45) is 11.7 Å². The van der Waals surface area contributed by atoms with Crippen LogP contribution in [0, 0.1) is 12.8 Å². The van der Waals surface area contributed by atoms with Gasteiger partial charge in [0.25, 0.3) is 0 Å². The first-order valence-corrected chi connectivity index (χ1v) is 6.38. The average Bonchev–Trinajstić information content (AvgIpc) is 2.25. The third-order valence-corrected chi connectivity index (χ3v) is 2.84. The van der Waals surface area contributed by atoms with Crippen molar-refractivity contribution in [3.05, 3.63) is 29.6 Å². The van der Waals surface area contributed by atoms with Crippen molar-refractivity contribution in [3.63, 3.8) is 0 Å². The van der Waals surface area contributed by atoms with Gasteiger partial charge in [-0.25, -0.2) is 0 Å². The van der Waals surface area contributed by atoms with Gasteiger partial charge in [-0.05, 0) is 31.4 Å². The molecule has 1 aromatic heterocycles. The van der Waals surface area contributed by atoms with E-state index in [2.05, 4.69) is 24.1 Å². The molecule has 0 saturated heterocycles. The summed E-state index contributed by atoms with van der Waals surface area (Å²) in [6.45, 7) is 7.99. The number of nitrogens with one attached hydrogen (secondary N) is 1. The molecule has 2 atom stereocenters. The van der Waals surface area contributed by atoms with E-state index in [4.69, 9.17) is 5.73 Å². The Morgan fingerprint density at radius 1 is 1.44 bits per heavy atom. The van der Waals surface area contributed by atoms with Gasteiger partial charge in [0.15, 0.2) is 0 Å². The zero-order valence-corrected chi connectivity index (χ0v) is 11.6. The number of hydrogen-bond acceptors (Lipinski definition) is 3. The summed E-state index contributed by atoms with van der Waals surface area (Å²) in [5, 5.41) is 3.02. The summed E-state index contributed by atoms with van der Waals surface area (Å²) in [5.41, 5.74) is 7.67. The van der Waals surface area contributed by atoms with Crippen LogP contribution in [0.2, 0.25) is 0 Å². The zero-order chi connectivity index (χ0) is 13.7. The van der Waals surface area contributed by atoms with Gasteiger partial charge in [-0.2, -0.15) is 0 Å². The van der Waals surface area contributed by atoms with Crippen LogP contribution in [0.4, 0.5) is 0 Å². The predicted molar refractivity (Wildman–Crippen MR) is 73.0 cm³/mol. The predicted octanol–water partition coefficient (Wildman–Crippen LogP) is 1.94. The normalized spacial score (nSPS) is 14.3. The third-order valence-electron chi connectivity index (χ3n) is 2.84. The molecule has 0 aliphatic carbocycles. The smallest absolute Gasteiger partial charge is 0.222 e. The Bertz CT molecular complexity index is 402. The Balaban J connectivity index is 2.84. The molecular weight excluding hydrogens is 226 g/mol. The number of aromatic nitrogens is 1. The summed E-state index contributed by atoms with van der Waals surface area (Å²) in [4.78, 5) is 16.2. The second-order valence-corrected chi connectivity index (χ2v) is 5.18. The van der Waals surface area contributed by atoms with Gasteiger partial charge in [0.05, 0.1) is 11.7 Å². The molecule has 0 radical (unpaired) electrons. The first-order valence-electron chi connectivity index (χ1n) is 6.38. The van der Waals surface area contributed by atoms with Gasteiger partial charge in [-0.3, -0.25) is 9.78 Å². The molecule has 0 aromatic carbocycles. The van der Waals surface area contributed by atoms with E-state index in [1.807, 2.05) is 26.0 Å². The van der Waals surface area contributed by atoms with Crippen LogP contribution in [0.15, 0.2) is 18.3 Å². The number of nitrogens with two attached hydrogens (primary N) is 1. The van der Waals surface area contributed by atoms with E-state index in [0.29, 0.717) is 6.42 Å². The molecule has 1 rings (SSSR count). The number of hydrogen-bond donors (Lipinski definition) is 2. The molecule has 1 aromatic rings. The van der Waals surface area contributed by atoms with Gasteiger partial charge in [-0.1, -0.05) is 19.9 Å². The van der Waals surface area contributed by atoms with Crippen molar-refractivity contribution in [2.45, 2.75) is 46.2 Å². The molecule has 0 saturated carbocycles. The van der Waals surface area contributed by atoms with E-state index in [-0.39, 0.29) is 23.9 Å². The van der Waals surface area contributed by atoms with Crippen LogP contribution >= 0.6 is 0 Å². The van der Waals surface area contributed by atoms with Gasteiger partial charge in [0.1, 0.15) is 0 Å². The minimum absolute atomic E-state index is 0.0197. The van der Waals surface area contributed by atoms with Crippen molar-refractivity contribution in [1.82, 2.24) is 10.3 Å². The van der Waals surface area contributed by atoms with Gasteiger partial charge >= 0.3 is 0 Å². The summed E-state index contributed by atoms with van der Waals surface area (Å²) in [5.74, 6) is 0.268. The van der Waals surface area contributed by atoms with Crippen molar-refractivity contribution in [3.8, 4) is 0 Å². The van der Waals surface area contributed by atoms with E-state index in [1.54, 1.807) is 6.20 Å². The molecule has 0 aliphatic heterocycles. The molecule has 0 spiro atoms. The summed E-state index contributed by atoms with van der Waals surface area (Å²) in [6.07, 6.45) is 2.10. The molecule has 2 unspecified atom stereocenters. The van der Waals surface area contributed by atoms with E-state index in [9.17, 15) is 4.79 Å². The molecule has 18 heavy (non-hydrogen) atoms. The number of rotatable bonds is 5. The van der Waals surface area contributed by atoms with Gasteiger partial charge in [-0.15, -0.1) is 0 Å². The largest absolute Gasteiger partial charge is 0.347 e. The maximum Gasteiger partial charge on any atom is 0.222 e. The Kier molecular flexibility index (Phi) is 5.28. The van der Waals surface area contributed by atoms with E-state index in [1.165, 1.54) is 0 Å². The van der Waals surface area contributed by atoms with E-state index < -0.39 is 0 Å². The average molecular weight is 249 g/mol. The lowest BCUT2D eigenvalue weighted by Gasteiger charge is -2.23. The highest BCUT2D eigenvalue weighted by molar-refractivity contribution is 5.77. The monoisotopic (exact) mass is 249 g/mol. The number of amides is 1. The van der Waals surface area contributed by atoms with Crippen molar-refractivity contribution < 1.29 is 4.79 Å². The summed E-state index contributed by atoms with van der Waals surface area (Å²) >= 11 is 0. The second-order valence-electron chi connectivity index (χ2n) is 5.18. The molecule has 1 heterocycles. The molecule has 100 valence electrons. The Hall–Kier alpha value is -1.42. The highest BCUT2D eigenvalue weighted by Gasteiger charge is 2.21. The molecular formula is C14H23N3O. The van der Waals surface area contributed by atoms with Gasteiger partial charge in [0.2, 0.25) is 5.91 Å². The number of nitrogens with zero attached hydrogens (tertiary/aromatic N) is 1. The highest BCUT2D eigenvalue weighted by atomic mass is 16.1. The standard InChI is InChI=1S/C14H23N3O/c1-9(2)13(17-12(18)8-11(4)15)14-10(3)6-5-7-16-14/h5-7,9,11,13H,8,15H2,1-4H3,(H,17,18). The van der Waals surface area contributed by atoms with Crippen LogP contribution in [-0.4, -0.2) is 16.9 Å². The van der Waals surface area contributed by atoms with Crippen LogP contribution in [0.5, 0.6) is 0 Å². The fourth-order valence-electron chi connectivity index (χ4n) is 1.90. The SMILES string of the molecule is Cc1cccnc1C(NC(=O)CC(C)N)C(C)C. The minimum atomic E-state index is -0.123. The van der Waals surface area contributed by atoms with Crippen LogP contribution in [0.1, 0.15) is 44.5 Å². The first-order chi connectivity index (χ1) is 8.41.